The first kappa shape index (κ1) is 15.4. The molecule has 0 saturated carbocycles. The fraction of sp³-hybridized carbons (Fsp3) is 0.333. The average Bonchev–Trinajstić information content (AvgIpc) is 2.87. The second-order valence-corrected chi connectivity index (χ2v) is 4.62. The van der Waals surface area contributed by atoms with Crippen LogP contribution in [0, 0.1) is 16.0 Å². The molecule has 10 nitrogen and oxygen atoms in total. The fourth-order valence-electron chi connectivity index (χ4n) is 2.12. The van der Waals surface area contributed by atoms with Crippen molar-refractivity contribution in [3.63, 3.8) is 0 Å². The number of nitrogens with two attached hydrogens (primary N) is 1. The number of ether oxygens (including phenoxy) is 1. The largest absolute Gasteiger partial charge is 0.465 e. The van der Waals surface area contributed by atoms with E-state index >= 15 is 0 Å². The summed E-state index contributed by atoms with van der Waals surface area (Å²) in [6.07, 6.45) is 0.936. The Morgan fingerprint density at radius 3 is 2.73 bits per heavy atom. The van der Waals surface area contributed by atoms with Crippen molar-refractivity contribution in [3.05, 3.63) is 27.9 Å². The van der Waals surface area contributed by atoms with Gasteiger partial charge in [-0.2, -0.15) is 0 Å². The highest BCUT2D eigenvalue weighted by atomic mass is 16.6. The molecule has 22 heavy (non-hydrogen) atoms. The highest BCUT2D eigenvalue weighted by Crippen LogP contribution is 2.31. The van der Waals surface area contributed by atoms with Crippen molar-refractivity contribution in [1.82, 2.24) is 4.98 Å². The van der Waals surface area contributed by atoms with E-state index in [1.165, 1.54) is 0 Å². The summed E-state index contributed by atoms with van der Waals surface area (Å²) in [5.41, 5.74) is 4.51. The first-order valence-corrected chi connectivity index (χ1v) is 6.17. The van der Waals surface area contributed by atoms with E-state index in [9.17, 15) is 24.5 Å². The molecule has 2 amide bonds. The third-order valence-electron chi connectivity index (χ3n) is 3.25. The Hall–Kier alpha value is -3.04. The quantitative estimate of drug-likeness (QED) is 0.453. The molecule has 1 aliphatic heterocycles. The zero-order chi connectivity index (χ0) is 16.4. The lowest BCUT2D eigenvalue weighted by molar-refractivity contribution is -0.384. The minimum Gasteiger partial charge on any atom is -0.465 e. The second kappa shape index (κ2) is 5.76. The van der Waals surface area contributed by atoms with Crippen molar-refractivity contribution < 1.29 is 24.0 Å². The Labute approximate surface area is 124 Å². The van der Waals surface area contributed by atoms with Crippen LogP contribution in [0.15, 0.2) is 12.3 Å². The molecule has 0 radical (unpaired) electrons. The zero-order valence-corrected chi connectivity index (χ0v) is 11.5. The molecule has 116 valence electrons. The minimum absolute atomic E-state index is 0.0838. The maximum atomic E-state index is 11.9. The molecule has 1 aliphatic rings. The van der Waals surface area contributed by atoms with Gasteiger partial charge < -0.3 is 10.5 Å². The summed E-state index contributed by atoms with van der Waals surface area (Å²) in [6, 6.07) is 0.971. The van der Waals surface area contributed by atoms with Crippen molar-refractivity contribution in [1.29, 1.82) is 0 Å². The predicted octanol–water partition coefficient (Wildman–Crippen LogP) is -0.385. The Morgan fingerprint density at radius 1 is 1.55 bits per heavy atom. The smallest absolute Gasteiger partial charge is 0.339 e. The molecule has 10 heteroatoms. The summed E-state index contributed by atoms with van der Waals surface area (Å²) in [7, 11) is 1.13. The monoisotopic (exact) mass is 308 g/mol. The predicted molar refractivity (Wildman–Crippen MR) is 71.9 cm³/mol. The van der Waals surface area contributed by atoms with Gasteiger partial charge >= 0.3 is 11.7 Å². The third-order valence-corrected chi connectivity index (χ3v) is 3.25. The number of hydrogen-bond donors (Lipinski definition) is 1. The molecule has 2 N–H and O–H groups in total. The molecule has 0 bridgehead atoms. The normalized spacial score (nSPS) is 17.4. The molecule has 1 atom stereocenters. The van der Waals surface area contributed by atoms with E-state index in [1.54, 1.807) is 0 Å². The van der Waals surface area contributed by atoms with Crippen LogP contribution in [-0.2, 0) is 14.3 Å². The summed E-state index contributed by atoms with van der Waals surface area (Å²) in [5.74, 6) is -2.90. The maximum absolute atomic E-state index is 11.9. The minimum atomic E-state index is -0.787. The van der Waals surface area contributed by atoms with E-state index < -0.39 is 34.3 Å². The summed E-state index contributed by atoms with van der Waals surface area (Å²) >= 11 is 0. The molecule has 0 spiro atoms. The Kier molecular flexibility index (Phi) is 4.02. The van der Waals surface area contributed by atoms with Gasteiger partial charge in [0.05, 0.1) is 23.5 Å². The molecule has 1 saturated heterocycles. The van der Waals surface area contributed by atoms with Crippen molar-refractivity contribution in [3.8, 4) is 0 Å². The average molecular weight is 308 g/mol. The van der Waals surface area contributed by atoms with Gasteiger partial charge in [0.15, 0.2) is 0 Å². The second-order valence-electron chi connectivity index (χ2n) is 4.62. The molecule has 2 rings (SSSR count). The van der Waals surface area contributed by atoms with E-state index in [2.05, 4.69) is 9.72 Å². The van der Waals surface area contributed by atoms with Crippen molar-refractivity contribution in [2.45, 2.75) is 6.42 Å². The number of pyridine rings is 1. The number of carbonyl (C=O) groups is 3. The van der Waals surface area contributed by atoms with Gasteiger partial charge in [0.25, 0.3) is 0 Å². The highest BCUT2D eigenvalue weighted by molar-refractivity contribution is 6.01. The Balaban J connectivity index is 2.43. The van der Waals surface area contributed by atoms with Gasteiger partial charge in [-0.25, -0.2) is 9.78 Å². The van der Waals surface area contributed by atoms with E-state index in [0.29, 0.717) is 0 Å². The molecule has 2 heterocycles. The number of carbonyl (C=O) groups excluding carboxylic acids is 3. The van der Waals surface area contributed by atoms with E-state index in [0.717, 1.165) is 24.3 Å². The molecule has 1 fully saturated rings. The lowest BCUT2D eigenvalue weighted by Gasteiger charge is -2.15. The lowest BCUT2D eigenvalue weighted by Crippen LogP contribution is -2.29. The number of rotatable bonds is 4. The number of primary amides is 1. The van der Waals surface area contributed by atoms with Gasteiger partial charge in [-0.1, -0.05) is 0 Å². The summed E-state index contributed by atoms with van der Waals surface area (Å²) < 4.78 is 4.46. The topological polar surface area (TPSA) is 146 Å². The number of methoxy groups -OCH3 is 1. The summed E-state index contributed by atoms with van der Waals surface area (Å²) in [6.45, 7) is -0.0838. The standard InChI is InChI=1S/C12H12N4O6/c1-22-12(19)6-2-8(16(20)21)11(14-4-6)15-5-7(10(13)18)3-9(15)17/h2,4,7H,3,5H2,1H3,(H2,13,18). The van der Waals surface area contributed by atoms with Crippen LogP contribution >= 0.6 is 0 Å². The molecular weight excluding hydrogens is 296 g/mol. The number of nitrogens with zero attached hydrogens (tertiary/aromatic N) is 3. The number of esters is 1. The highest BCUT2D eigenvalue weighted by Gasteiger charge is 2.38. The zero-order valence-electron chi connectivity index (χ0n) is 11.5. The molecule has 1 aromatic heterocycles. The van der Waals surface area contributed by atoms with Gasteiger partial charge in [0, 0.05) is 25.2 Å². The van der Waals surface area contributed by atoms with Crippen molar-refractivity contribution >= 4 is 29.3 Å². The van der Waals surface area contributed by atoms with Crippen LogP contribution in [-0.4, -0.2) is 41.3 Å². The van der Waals surface area contributed by atoms with Crippen LogP contribution < -0.4 is 10.6 Å². The van der Waals surface area contributed by atoms with Gasteiger partial charge in [-0.3, -0.25) is 24.6 Å². The van der Waals surface area contributed by atoms with Crippen LogP contribution in [0.25, 0.3) is 0 Å². The molecule has 1 unspecified atom stereocenters. The molecule has 0 aromatic carbocycles. The Bertz CT molecular complexity index is 674. The van der Waals surface area contributed by atoms with Gasteiger partial charge in [-0.05, 0) is 0 Å². The number of amides is 2. The number of aromatic nitrogens is 1. The molecular formula is C12H12N4O6. The fourth-order valence-corrected chi connectivity index (χ4v) is 2.12. The first-order valence-electron chi connectivity index (χ1n) is 6.17. The van der Waals surface area contributed by atoms with Gasteiger partial charge in [0.1, 0.15) is 0 Å². The van der Waals surface area contributed by atoms with Crippen LogP contribution in [0.3, 0.4) is 0 Å². The Morgan fingerprint density at radius 2 is 2.23 bits per heavy atom. The van der Waals surface area contributed by atoms with Crippen LogP contribution in [0.1, 0.15) is 16.8 Å². The van der Waals surface area contributed by atoms with Crippen LogP contribution in [0.5, 0.6) is 0 Å². The first-order chi connectivity index (χ1) is 10.3. The van der Waals surface area contributed by atoms with Gasteiger partial charge in [0.2, 0.25) is 17.6 Å². The molecule has 0 aliphatic carbocycles. The third kappa shape index (κ3) is 2.71. The van der Waals surface area contributed by atoms with Crippen LogP contribution in [0.4, 0.5) is 11.5 Å². The van der Waals surface area contributed by atoms with E-state index in [-0.39, 0.29) is 24.3 Å². The maximum Gasteiger partial charge on any atom is 0.339 e. The van der Waals surface area contributed by atoms with Gasteiger partial charge in [-0.15, -0.1) is 0 Å². The number of nitro groups is 1. The van der Waals surface area contributed by atoms with E-state index in [4.69, 9.17) is 5.73 Å². The lowest BCUT2D eigenvalue weighted by atomic mass is 10.1. The number of hydrogen-bond acceptors (Lipinski definition) is 7. The molecule has 1 aromatic rings. The van der Waals surface area contributed by atoms with E-state index in [1.807, 2.05) is 0 Å². The summed E-state index contributed by atoms with van der Waals surface area (Å²) in [4.78, 5) is 49.7. The van der Waals surface area contributed by atoms with Crippen LogP contribution in [0.2, 0.25) is 0 Å². The SMILES string of the molecule is COC(=O)c1cnc(N2CC(C(N)=O)CC2=O)c([N+](=O)[O-])c1. The van der Waals surface area contributed by atoms with Crippen molar-refractivity contribution in [2.75, 3.05) is 18.6 Å². The number of anilines is 1. The van der Waals surface area contributed by atoms with Crippen molar-refractivity contribution in [2.24, 2.45) is 11.7 Å². The summed E-state index contributed by atoms with van der Waals surface area (Å²) in [5, 5.41) is 11.1.